The summed E-state index contributed by atoms with van der Waals surface area (Å²) >= 11 is 6.04. The first-order valence-corrected chi connectivity index (χ1v) is 6.61. The SMILES string of the molecule is CCCC(Cl)CNC(=O)CC(C)C(C)(C)C. The lowest BCUT2D eigenvalue weighted by atomic mass is 9.80. The summed E-state index contributed by atoms with van der Waals surface area (Å²) in [5.41, 5.74) is 0.182. The molecule has 0 aromatic rings. The van der Waals surface area contributed by atoms with Crippen LogP contribution in [0.2, 0.25) is 0 Å². The average molecular weight is 248 g/mol. The first kappa shape index (κ1) is 15.8. The van der Waals surface area contributed by atoms with E-state index >= 15 is 0 Å². The highest BCUT2D eigenvalue weighted by atomic mass is 35.5. The van der Waals surface area contributed by atoms with E-state index in [4.69, 9.17) is 11.6 Å². The minimum Gasteiger partial charge on any atom is -0.355 e. The van der Waals surface area contributed by atoms with Crippen LogP contribution in [0.3, 0.4) is 0 Å². The Kier molecular flexibility index (Phi) is 7.05. The molecule has 0 radical (unpaired) electrons. The van der Waals surface area contributed by atoms with E-state index in [0.717, 1.165) is 12.8 Å². The van der Waals surface area contributed by atoms with Gasteiger partial charge in [-0.2, -0.15) is 0 Å². The Morgan fingerprint density at radius 2 is 1.94 bits per heavy atom. The van der Waals surface area contributed by atoms with E-state index in [1.807, 2.05) is 0 Å². The molecular weight excluding hydrogens is 222 g/mol. The average Bonchev–Trinajstić information content (AvgIpc) is 2.13. The van der Waals surface area contributed by atoms with Gasteiger partial charge in [0.1, 0.15) is 0 Å². The highest BCUT2D eigenvalue weighted by molar-refractivity contribution is 6.20. The van der Waals surface area contributed by atoms with Crippen LogP contribution in [0.5, 0.6) is 0 Å². The van der Waals surface area contributed by atoms with Crippen LogP contribution in [0, 0.1) is 11.3 Å². The maximum atomic E-state index is 11.6. The molecule has 0 aliphatic heterocycles. The number of rotatable bonds is 6. The van der Waals surface area contributed by atoms with Crippen LogP contribution in [-0.2, 0) is 4.79 Å². The Balaban J connectivity index is 3.83. The number of amides is 1. The fraction of sp³-hybridized carbons (Fsp3) is 0.923. The summed E-state index contributed by atoms with van der Waals surface area (Å²) in [5.74, 6) is 0.497. The quantitative estimate of drug-likeness (QED) is 0.715. The van der Waals surface area contributed by atoms with Crippen molar-refractivity contribution in [1.29, 1.82) is 0 Å². The van der Waals surface area contributed by atoms with Gasteiger partial charge in [-0.25, -0.2) is 0 Å². The molecule has 0 bridgehead atoms. The summed E-state index contributed by atoms with van der Waals surface area (Å²) in [6.07, 6.45) is 2.60. The number of carbonyl (C=O) groups excluding carboxylic acids is 1. The second-order valence-corrected chi connectivity index (χ2v) is 6.28. The smallest absolute Gasteiger partial charge is 0.220 e. The van der Waals surface area contributed by atoms with Crippen LogP contribution in [0.4, 0.5) is 0 Å². The van der Waals surface area contributed by atoms with E-state index in [1.54, 1.807) is 0 Å². The van der Waals surface area contributed by atoms with Crippen molar-refractivity contribution in [3.63, 3.8) is 0 Å². The lowest BCUT2D eigenvalue weighted by molar-refractivity contribution is -0.122. The summed E-state index contributed by atoms with van der Waals surface area (Å²) in [5, 5.41) is 2.97. The molecule has 0 saturated carbocycles. The van der Waals surface area contributed by atoms with Gasteiger partial charge in [0.15, 0.2) is 0 Å². The summed E-state index contributed by atoms with van der Waals surface area (Å²) in [6.45, 7) is 11.3. The number of nitrogens with one attached hydrogen (secondary N) is 1. The summed E-state index contributed by atoms with van der Waals surface area (Å²) < 4.78 is 0. The fourth-order valence-electron chi connectivity index (χ4n) is 1.30. The molecule has 0 saturated heterocycles. The molecule has 0 aromatic carbocycles. The normalized spacial score (nSPS) is 15.6. The molecule has 1 amide bonds. The third kappa shape index (κ3) is 7.10. The Labute approximate surface area is 105 Å². The van der Waals surface area contributed by atoms with E-state index < -0.39 is 0 Å². The zero-order valence-corrected chi connectivity index (χ0v) is 12.0. The van der Waals surface area contributed by atoms with Gasteiger partial charge in [-0.15, -0.1) is 11.6 Å². The van der Waals surface area contributed by atoms with Crippen LogP contribution >= 0.6 is 11.6 Å². The van der Waals surface area contributed by atoms with Gasteiger partial charge in [0, 0.05) is 13.0 Å². The molecular formula is C13H26ClNO. The Morgan fingerprint density at radius 3 is 2.38 bits per heavy atom. The molecule has 0 rings (SSSR count). The van der Waals surface area contributed by atoms with Crippen molar-refractivity contribution in [1.82, 2.24) is 5.32 Å². The van der Waals surface area contributed by atoms with Gasteiger partial charge in [-0.3, -0.25) is 4.79 Å². The molecule has 0 aliphatic carbocycles. The number of carbonyl (C=O) groups is 1. The molecule has 2 atom stereocenters. The van der Waals surface area contributed by atoms with E-state index in [-0.39, 0.29) is 16.7 Å². The van der Waals surface area contributed by atoms with E-state index in [1.165, 1.54) is 0 Å². The van der Waals surface area contributed by atoms with Crippen molar-refractivity contribution in [3.05, 3.63) is 0 Å². The Bertz CT molecular complexity index is 210. The van der Waals surface area contributed by atoms with E-state index in [9.17, 15) is 4.79 Å². The largest absolute Gasteiger partial charge is 0.355 e. The Morgan fingerprint density at radius 1 is 1.38 bits per heavy atom. The molecule has 0 aromatic heterocycles. The number of hydrogen-bond acceptors (Lipinski definition) is 1. The molecule has 2 unspecified atom stereocenters. The monoisotopic (exact) mass is 247 g/mol. The van der Waals surface area contributed by atoms with Crippen molar-refractivity contribution in [2.75, 3.05) is 6.54 Å². The Hall–Kier alpha value is -0.240. The molecule has 0 fully saturated rings. The molecule has 96 valence electrons. The van der Waals surface area contributed by atoms with Crippen molar-refractivity contribution in [3.8, 4) is 0 Å². The zero-order chi connectivity index (χ0) is 12.8. The maximum Gasteiger partial charge on any atom is 0.220 e. The van der Waals surface area contributed by atoms with Gasteiger partial charge in [-0.05, 0) is 17.8 Å². The predicted molar refractivity (Wildman–Crippen MR) is 70.8 cm³/mol. The zero-order valence-electron chi connectivity index (χ0n) is 11.3. The number of alkyl halides is 1. The maximum absolute atomic E-state index is 11.6. The van der Waals surface area contributed by atoms with Gasteiger partial charge >= 0.3 is 0 Å². The summed E-state index contributed by atoms with van der Waals surface area (Å²) in [7, 11) is 0. The minimum absolute atomic E-state index is 0.0684. The highest BCUT2D eigenvalue weighted by Crippen LogP contribution is 2.27. The molecule has 2 nitrogen and oxygen atoms in total. The molecule has 1 N–H and O–H groups in total. The third-order valence-corrected chi connectivity index (χ3v) is 3.47. The van der Waals surface area contributed by atoms with Crippen LogP contribution in [0.25, 0.3) is 0 Å². The van der Waals surface area contributed by atoms with Gasteiger partial charge in [-0.1, -0.05) is 41.0 Å². The molecule has 3 heteroatoms. The molecule has 0 heterocycles. The van der Waals surface area contributed by atoms with Crippen molar-refractivity contribution in [2.45, 2.75) is 59.3 Å². The van der Waals surface area contributed by atoms with Gasteiger partial charge in [0.2, 0.25) is 5.91 Å². The standard InChI is InChI=1S/C13H26ClNO/c1-6-7-11(14)9-15-12(16)8-10(2)13(3,4)5/h10-11H,6-9H2,1-5H3,(H,15,16). The lowest BCUT2D eigenvalue weighted by Gasteiger charge is -2.26. The topological polar surface area (TPSA) is 29.1 Å². The fourth-order valence-corrected chi connectivity index (χ4v) is 1.59. The molecule has 0 aliphatic rings. The second-order valence-electron chi connectivity index (χ2n) is 5.66. The third-order valence-electron chi connectivity index (χ3n) is 3.09. The summed E-state index contributed by atoms with van der Waals surface area (Å²) in [4.78, 5) is 11.6. The number of hydrogen-bond donors (Lipinski definition) is 1. The summed E-state index contributed by atoms with van der Waals surface area (Å²) in [6, 6.07) is 0. The van der Waals surface area contributed by atoms with Gasteiger partial charge in [0.05, 0.1) is 5.38 Å². The molecule has 16 heavy (non-hydrogen) atoms. The van der Waals surface area contributed by atoms with Crippen LogP contribution in [0.1, 0.15) is 53.9 Å². The van der Waals surface area contributed by atoms with Crippen molar-refractivity contribution in [2.24, 2.45) is 11.3 Å². The predicted octanol–water partition coefficient (Wildman–Crippen LogP) is 3.58. The van der Waals surface area contributed by atoms with Crippen molar-refractivity contribution >= 4 is 17.5 Å². The molecule has 0 spiro atoms. The van der Waals surface area contributed by atoms with Crippen LogP contribution in [-0.4, -0.2) is 17.8 Å². The number of halogens is 1. The van der Waals surface area contributed by atoms with E-state index in [2.05, 4.69) is 39.9 Å². The lowest BCUT2D eigenvalue weighted by Crippen LogP contribution is -2.32. The first-order chi connectivity index (χ1) is 7.27. The second kappa shape index (κ2) is 7.16. The minimum atomic E-state index is 0.0684. The van der Waals surface area contributed by atoms with Crippen LogP contribution in [0.15, 0.2) is 0 Å². The highest BCUT2D eigenvalue weighted by Gasteiger charge is 2.22. The van der Waals surface area contributed by atoms with Crippen LogP contribution < -0.4 is 5.32 Å². The first-order valence-electron chi connectivity index (χ1n) is 6.18. The van der Waals surface area contributed by atoms with Gasteiger partial charge in [0.25, 0.3) is 0 Å². The van der Waals surface area contributed by atoms with Crippen molar-refractivity contribution < 1.29 is 4.79 Å². The van der Waals surface area contributed by atoms with E-state index in [0.29, 0.717) is 18.9 Å². The van der Waals surface area contributed by atoms with Gasteiger partial charge < -0.3 is 5.32 Å².